The first-order valence-corrected chi connectivity index (χ1v) is 13.5. The molecule has 6 rings (SSSR count). The normalized spacial score (nSPS) is 10.8. The van der Waals surface area contributed by atoms with Crippen molar-refractivity contribution in [1.82, 2.24) is 0 Å². The lowest BCUT2D eigenvalue weighted by Gasteiger charge is -2.25. The minimum absolute atomic E-state index is 0.938. The van der Waals surface area contributed by atoms with Gasteiger partial charge in [-0.25, -0.2) is 0 Å². The van der Waals surface area contributed by atoms with Crippen molar-refractivity contribution >= 4 is 17.1 Å². The average molecular weight is 502 g/mol. The minimum atomic E-state index is 0.938. The molecule has 0 aromatic heterocycles. The van der Waals surface area contributed by atoms with E-state index in [0.717, 1.165) is 29.9 Å². The summed E-state index contributed by atoms with van der Waals surface area (Å²) < 4.78 is 0. The van der Waals surface area contributed by atoms with Crippen molar-refractivity contribution < 1.29 is 0 Å². The molecule has 0 aliphatic rings. The second-order valence-electron chi connectivity index (χ2n) is 9.91. The Balaban J connectivity index is 1.15. The quantitative estimate of drug-likeness (QED) is 0.200. The van der Waals surface area contributed by atoms with E-state index in [1.165, 1.54) is 33.4 Å². The topological polar surface area (TPSA) is 3.24 Å². The van der Waals surface area contributed by atoms with Gasteiger partial charge >= 0.3 is 0 Å². The predicted octanol–water partition coefficient (Wildman–Crippen LogP) is 10.0. The molecule has 0 amide bonds. The maximum atomic E-state index is 2.29. The van der Waals surface area contributed by atoms with Gasteiger partial charge in [-0.2, -0.15) is 0 Å². The van der Waals surface area contributed by atoms with E-state index >= 15 is 0 Å². The van der Waals surface area contributed by atoms with E-state index in [1.807, 2.05) is 0 Å². The summed E-state index contributed by atoms with van der Waals surface area (Å²) in [5, 5.41) is 0. The van der Waals surface area contributed by atoms with Gasteiger partial charge in [0.1, 0.15) is 0 Å². The maximum Gasteiger partial charge on any atom is 0.0462 e. The Morgan fingerprint density at radius 3 is 1.03 bits per heavy atom. The van der Waals surface area contributed by atoms with Crippen LogP contribution in [-0.4, -0.2) is 0 Å². The van der Waals surface area contributed by atoms with Crippen molar-refractivity contribution in [2.24, 2.45) is 0 Å². The molecular formula is C38H31N. The van der Waals surface area contributed by atoms with Crippen LogP contribution in [-0.2, 0) is 12.8 Å². The summed E-state index contributed by atoms with van der Waals surface area (Å²) in [6, 6.07) is 58.5. The van der Waals surface area contributed by atoms with Crippen molar-refractivity contribution in [2.75, 3.05) is 4.90 Å². The molecule has 0 saturated carbocycles. The zero-order valence-electron chi connectivity index (χ0n) is 21.9. The van der Waals surface area contributed by atoms with Gasteiger partial charge in [0.05, 0.1) is 0 Å². The molecule has 39 heavy (non-hydrogen) atoms. The van der Waals surface area contributed by atoms with Gasteiger partial charge in [0.25, 0.3) is 0 Å². The van der Waals surface area contributed by atoms with E-state index in [1.54, 1.807) is 0 Å². The number of hydrogen-bond acceptors (Lipinski definition) is 1. The Bertz CT molecular complexity index is 1550. The van der Waals surface area contributed by atoms with Crippen molar-refractivity contribution in [2.45, 2.75) is 12.8 Å². The highest BCUT2D eigenvalue weighted by Gasteiger charge is 2.12. The predicted molar refractivity (Wildman–Crippen MR) is 165 cm³/mol. The van der Waals surface area contributed by atoms with Gasteiger partial charge in [-0.3, -0.25) is 0 Å². The van der Waals surface area contributed by atoms with Gasteiger partial charge < -0.3 is 4.90 Å². The van der Waals surface area contributed by atoms with E-state index in [2.05, 4.69) is 169 Å². The molecule has 0 spiro atoms. The largest absolute Gasteiger partial charge is 0.311 e. The highest BCUT2D eigenvalue weighted by molar-refractivity contribution is 5.78. The van der Waals surface area contributed by atoms with Gasteiger partial charge in [-0.05, 0) is 82.6 Å². The van der Waals surface area contributed by atoms with Gasteiger partial charge in [-0.1, -0.05) is 127 Å². The molecule has 0 aliphatic heterocycles. The van der Waals surface area contributed by atoms with Crippen LogP contribution in [0, 0.1) is 0 Å². The molecule has 0 fully saturated rings. The summed E-state index contributed by atoms with van der Waals surface area (Å²) in [4.78, 5) is 2.29. The molecule has 6 aromatic carbocycles. The van der Waals surface area contributed by atoms with Crippen LogP contribution in [0.25, 0.3) is 11.1 Å². The molecule has 188 valence electrons. The van der Waals surface area contributed by atoms with Crippen LogP contribution in [0.5, 0.6) is 0 Å². The molecule has 0 N–H and O–H groups in total. The van der Waals surface area contributed by atoms with E-state index in [9.17, 15) is 0 Å². The Hall–Kier alpha value is -4.88. The van der Waals surface area contributed by atoms with Crippen LogP contribution in [0.1, 0.15) is 22.3 Å². The number of anilines is 3. The van der Waals surface area contributed by atoms with E-state index in [0.29, 0.717) is 0 Å². The number of rotatable bonds is 8. The van der Waals surface area contributed by atoms with Crippen molar-refractivity contribution in [1.29, 1.82) is 0 Å². The van der Waals surface area contributed by atoms with E-state index < -0.39 is 0 Å². The fraction of sp³-hybridized carbons (Fsp3) is 0.0526. The zero-order chi connectivity index (χ0) is 26.3. The first kappa shape index (κ1) is 24.5. The lowest BCUT2D eigenvalue weighted by Crippen LogP contribution is -2.09. The van der Waals surface area contributed by atoms with Crippen molar-refractivity contribution in [3.8, 4) is 11.1 Å². The fourth-order valence-corrected chi connectivity index (χ4v) is 5.06. The van der Waals surface area contributed by atoms with Crippen LogP contribution in [0.3, 0.4) is 0 Å². The molecular weight excluding hydrogens is 470 g/mol. The Kier molecular flexibility index (Phi) is 7.32. The summed E-state index contributed by atoms with van der Waals surface area (Å²) in [5.41, 5.74) is 11.2. The monoisotopic (exact) mass is 501 g/mol. The SMILES string of the molecule is c1ccc(Cc2ccc(Cc3ccc(-c4ccc(N(c5ccccc5)c5ccccc5)cc4)cc3)cc2)cc1. The lowest BCUT2D eigenvalue weighted by atomic mass is 9.98. The smallest absolute Gasteiger partial charge is 0.0462 e. The van der Waals surface area contributed by atoms with Gasteiger partial charge in [-0.15, -0.1) is 0 Å². The minimum Gasteiger partial charge on any atom is -0.311 e. The van der Waals surface area contributed by atoms with Gasteiger partial charge in [0, 0.05) is 17.1 Å². The van der Waals surface area contributed by atoms with Crippen molar-refractivity contribution in [3.05, 3.63) is 186 Å². The maximum absolute atomic E-state index is 2.29. The molecule has 1 nitrogen and oxygen atoms in total. The Labute approximate surface area is 231 Å². The standard InChI is InChI=1S/C38H31N/c1-4-10-30(11-5-1)28-31-16-18-32(19-17-31)29-33-20-22-34(23-21-33)35-24-26-38(27-25-35)39(36-12-6-2-7-13-36)37-14-8-3-9-15-37/h1-27H,28-29H2. The summed E-state index contributed by atoms with van der Waals surface area (Å²) >= 11 is 0. The van der Waals surface area contributed by atoms with Crippen LogP contribution in [0.4, 0.5) is 17.1 Å². The molecule has 0 bridgehead atoms. The molecule has 0 saturated heterocycles. The van der Waals surface area contributed by atoms with Gasteiger partial charge in [0.15, 0.2) is 0 Å². The molecule has 0 heterocycles. The Morgan fingerprint density at radius 1 is 0.282 bits per heavy atom. The second-order valence-corrected chi connectivity index (χ2v) is 9.91. The van der Waals surface area contributed by atoms with Crippen molar-refractivity contribution in [3.63, 3.8) is 0 Å². The third-order valence-corrected chi connectivity index (χ3v) is 7.12. The summed E-state index contributed by atoms with van der Waals surface area (Å²) in [5.74, 6) is 0. The van der Waals surface area contributed by atoms with Crippen LogP contribution >= 0.6 is 0 Å². The first-order chi connectivity index (χ1) is 19.3. The molecule has 0 aliphatic carbocycles. The third kappa shape index (κ3) is 6.00. The number of benzene rings is 6. The van der Waals surface area contributed by atoms with E-state index in [4.69, 9.17) is 0 Å². The van der Waals surface area contributed by atoms with Crippen LogP contribution in [0.15, 0.2) is 164 Å². The molecule has 0 radical (unpaired) electrons. The number of para-hydroxylation sites is 2. The highest BCUT2D eigenvalue weighted by atomic mass is 15.1. The van der Waals surface area contributed by atoms with Gasteiger partial charge in [0.2, 0.25) is 0 Å². The zero-order valence-corrected chi connectivity index (χ0v) is 21.9. The highest BCUT2D eigenvalue weighted by Crippen LogP contribution is 2.35. The summed E-state index contributed by atoms with van der Waals surface area (Å²) in [7, 11) is 0. The molecule has 0 unspecified atom stereocenters. The number of nitrogens with zero attached hydrogens (tertiary/aromatic N) is 1. The second kappa shape index (κ2) is 11.7. The van der Waals surface area contributed by atoms with Crippen LogP contribution in [0.2, 0.25) is 0 Å². The summed E-state index contributed by atoms with van der Waals surface area (Å²) in [6.07, 6.45) is 1.91. The lowest BCUT2D eigenvalue weighted by molar-refractivity contribution is 1.15. The average Bonchev–Trinajstić information content (AvgIpc) is 3.01. The molecule has 0 atom stereocenters. The summed E-state index contributed by atoms with van der Waals surface area (Å²) in [6.45, 7) is 0. The fourth-order valence-electron chi connectivity index (χ4n) is 5.06. The Morgan fingerprint density at radius 2 is 0.590 bits per heavy atom. The van der Waals surface area contributed by atoms with E-state index in [-0.39, 0.29) is 0 Å². The van der Waals surface area contributed by atoms with Crippen LogP contribution < -0.4 is 4.90 Å². The third-order valence-electron chi connectivity index (χ3n) is 7.12. The first-order valence-electron chi connectivity index (χ1n) is 13.5. The molecule has 1 heteroatoms. The number of hydrogen-bond donors (Lipinski definition) is 0. The molecule has 6 aromatic rings.